The van der Waals surface area contributed by atoms with Crippen LogP contribution in [0.4, 0.5) is 0 Å². The molecule has 2 unspecified atom stereocenters. The molecule has 0 spiro atoms. The van der Waals surface area contributed by atoms with Gasteiger partial charge in [-0.05, 0) is 32.7 Å². The lowest BCUT2D eigenvalue weighted by Crippen LogP contribution is -2.50. The smallest absolute Gasteiger partial charge is 0.0951 e. The van der Waals surface area contributed by atoms with E-state index < -0.39 is 0 Å². The number of imidazole rings is 1. The predicted octanol–water partition coefficient (Wildman–Crippen LogP) is 2.57. The van der Waals surface area contributed by atoms with Crippen molar-refractivity contribution in [2.24, 2.45) is 0 Å². The average Bonchev–Trinajstić information content (AvgIpc) is 2.84. The second-order valence-electron chi connectivity index (χ2n) is 6.86. The number of hydrogen-bond acceptors (Lipinski definition) is 3. The fourth-order valence-electron chi connectivity index (χ4n) is 3.92. The molecule has 3 rings (SSSR count). The highest BCUT2D eigenvalue weighted by atomic mass is 15.2. The minimum Gasteiger partial charge on any atom is -0.330 e. The van der Waals surface area contributed by atoms with Crippen LogP contribution in [0.15, 0.2) is 12.5 Å². The second kappa shape index (κ2) is 5.86. The molecule has 20 heavy (non-hydrogen) atoms. The van der Waals surface area contributed by atoms with E-state index in [0.717, 1.165) is 18.6 Å². The molecular weight excluding hydrogens is 248 g/mol. The maximum absolute atomic E-state index is 4.40. The molecule has 4 heteroatoms. The summed E-state index contributed by atoms with van der Waals surface area (Å²) >= 11 is 0. The molecule has 0 aliphatic carbocycles. The number of piperidine rings is 2. The molecule has 2 atom stereocenters. The standard InChI is InChI=1S/C16H28N4/c1-12(2)18-10-16-9-17-11-20(16)15-7-13-5-4-6-14(8-15)19(13)3/h9,11-15,18H,4-8,10H2,1-3H3. The van der Waals surface area contributed by atoms with Gasteiger partial charge in [-0.3, -0.25) is 0 Å². The quantitative estimate of drug-likeness (QED) is 0.917. The second-order valence-corrected chi connectivity index (χ2v) is 6.86. The normalized spacial score (nSPS) is 30.9. The van der Waals surface area contributed by atoms with Gasteiger partial charge in [0.2, 0.25) is 0 Å². The Morgan fingerprint density at radius 3 is 2.60 bits per heavy atom. The Morgan fingerprint density at radius 1 is 1.25 bits per heavy atom. The summed E-state index contributed by atoms with van der Waals surface area (Å²) < 4.78 is 2.44. The van der Waals surface area contributed by atoms with Crippen LogP contribution in [0.1, 0.15) is 57.7 Å². The van der Waals surface area contributed by atoms with Crippen LogP contribution in [0.3, 0.4) is 0 Å². The summed E-state index contributed by atoms with van der Waals surface area (Å²) in [4.78, 5) is 7.03. The Labute approximate surface area is 122 Å². The third-order valence-corrected chi connectivity index (χ3v) is 5.15. The van der Waals surface area contributed by atoms with Crippen LogP contribution in [-0.4, -0.2) is 39.6 Å². The molecule has 2 bridgehead atoms. The molecule has 3 heterocycles. The topological polar surface area (TPSA) is 33.1 Å². The molecule has 2 fully saturated rings. The molecular formula is C16H28N4. The Morgan fingerprint density at radius 2 is 1.95 bits per heavy atom. The van der Waals surface area contributed by atoms with E-state index in [0.29, 0.717) is 12.1 Å². The van der Waals surface area contributed by atoms with Gasteiger partial charge in [0.15, 0.2) is 0 Å². The van der Waals surface area contributed by atoms with Crippen molar-refractivity contribution in [1.82, 2.24) is 19.8 Å². The summed E-state index contributed by atoms with van der Waals surface area (Å²) in [6.45, 7) is 5.32. The van der Waals surface area contributed by atoms with Crippen molar-refractivity contribution in [1.29, 1.82) is 0 Å². The summed E-state index contributed by atoms with van der Waals surface area (Å²) in [5, 5.41) is 3.52. The summed E-state index contributed by atoms with van der Waals surface area (Å²) in [5.74, 6) is 0. The predicted molar refractivity (Wildman–Crippen MR) is 81.7 cm³/mol. The fourth-order valence-corrected chi connectivity index (χ4v) is 3.92. The van der Waals surface area contributed by atoms with Crippen LogP contribution in [-0.2, 0) is 6.54 Å². The van der Waals surface area contributed by atoms with Gasteiger partial charge in [0, 0.05) is 36.9 Å². The first kappa shape index (κ1) is 14.1. The van der Waals surface area contributed by atoms with Gasteiger partial charge >= 0.3 is 0 Å². The first-order valence-electron chi connectivity index (χ1n) is 8.11. The van der Waals surface area contributed by atoms with Crippen molar-refractivity contribution in [3.8, 4) is 0 Å². The summed E-state index contributed by atoms with van der Waals surface area (Å²) in [6, 6.07) is 2.73. The van der Waals surface area contributed by atoms with Crippen LogP contribution >= 0.6 is 0 Å². The van der Waals surface area contributed by atoms with Crippen LogP contribution in [0.2, 0.25) is 0 Å². The first-order chi connectivity index (χ1) is 9.65. The molecule has 0 saturated carbocycles. The van der Waals surface area contributed by atoms with Gasteiger partial charge in [-0.2, -0.15) is 0 Å². The van der Waals surface area contributed by atoms with E-state index in [1.165, 1.54) is 37.8 Å². The Balaban J connectivity index is 1.72. The molecule has 1 aromatic rings. The number of hydrogen-bond donors (Lipinski definition) is 1. The van der Waals surface area contributed by atoms with Crippen molar-refractivity contribution in [3.05, 3.63) is 18.2 Å². The number of aromatic nitrogens is 2. The van der Waals surface area contributed by atoms with Crippen LogP contribution in [0.5, 0.6) is 0 Å². The van der Waals surface area contributed by atoms with Crippen LogP contribution in [0.25, 0.3) is 0 Å². The summed E-state index contributed by atoms with van der Waals surface area (Å²) in [7, 11) is 2.32. The minimum absolute atomic E-state index is 0.523. The molecule has 0 amide bonds. The zero-order valence-electron chi connectivity index (χ0n) is 13.0. The van der Waals surface area contributed by atoms with Gasteiger partial charge in [-0.25, -0.2) is 4.98 Å². The van der Waals surface area contributed by atoms with Crippen LogP contribution < -0.4 is 5.32 Å². The number of rotatable bonds is 4. The lowest BCUT2D eigenvalue weighted by atomic mass is 9.82. The maximum Gasteiger partial charge on any atom is 0.0951 e. The largest absolute Gasteiger partial charge is 0.330 e. The van der Waals surface area contributed by atoms with Crippen molar-refractivity contribution in [2.45, 2.75) is 76.7 Å². The first-order valence-corrected chi connectivity index (χ1v) is 8.11. The molecule has 0 radical (unpaired) electrons. The third-order valence-electron chi connectivity index (χ3n) is 5.15. The van der Waals surface area contributed by atoms with E-state index in [1.54, 1.807) is 0 Å². The highest BCUT2D eigenvalue weighted by Crippen LogP contribution is 2.38. The van der Waals surface area contributed by atoms with Gasteiger partial charge in [0.05, 0.1) is 12.0 Å². The van der Waals surface area contributed by atoms with Gasteiger partial charge in [0.25, 0.3) is 0 Å². The van der Waals surface area contributed by atoms with Crippen molar-refractivity contribution >= 4 is 0 Å². The zero-order valence-corrected chi connectivity index (χ0v) is 13.0. The summed E-state index contributed by atoms with van der Waals surface area (Å²) in [6.07, 6.45) is 10.8. The average molecular weight is 276 g/mol. The third kappa shape index (κ3) is 2.77. The van der Waals surface area contributed by atoms with Gasteiger partial charge in [0.1, 0.15) is 0 Å². The lowest BCUT2D eigenvalue weighted by Gasteiger charge is -2.47. The Kier molecular flexibility index (Phi) is 4.13. The molecule has 0 aromatic carbocycles. The zero-order chi connectivity index (χ0) is 14.1. The van der Waals surface area contributed by atoms with Crippen molar-refractivity contribution in [2.75, 3.05) is 7.05 Å². The number of nitrogens with zero attached hydrogens (tertiary/aromatic N) is 3. The molecule has 2 aliphatic heterocycles. The Hall–Kier alpha value is -0.870. The van der Waals surface area contributed by atoms with E-state index in [-0.39, 0.29) is 0 Å². The molecule has 2 aliphatic rings. The molecule has 4 nitrogen and oxygen atoms in total. The Bertz CT molecular complexity index is 425. The minimum atomic E-state index is 0.523. The summed E-state index contributed by atoms with van der Waals surface area (Å²) in [5.41, 5.74) is 1.34. The fraction of sp³-hybridized carbons (Fsp3) is 0.812. The molecule has 1 N–H and O–H groups in total. The van der Waals surface area contributed by atoms with Crippen molar-refractivity contribution in [3.63, 3.8) is 0 Å². The lowest BCUT2D eigenvalue weighted by molar-refractivity contribution is 0.0393. The highest BCUT2D eigenvalue weighted by Gasteiger charge is 2.36. The van der Waals surface area contributed by atoms with E-state index in [4.69, 9.17) is 0 Å². The van der Waals surface area contributed by atoms with Gasteiger partial charge in [-0.15, -0.1) is 0 Å². The van der Waals surface area contributed by atoms with Gasteiger partial charge in [-0.1, -0.05) is 20.3 Å². The molecule has 2 saturated heterocycles. The SMILES string of the molecule is CC(C)NCc1cncn1C1CC2CCCC(C1)N2C. The van der Waals surface area contributed by atoms with Gasteiger partial charge < -0.3 is 14.8 Å². The highest BCUT2D eigenvalue weighted by molar-refractivity contribution is 5.03. The number of nitrogens with one attached hydrogen (secondary N) is 1. The van der Waals surface area contributed by atoms with Crippen molar-refractivity contribution < 1.29 is 0 Å². The van der Waals surface area contributed by atoms with E-state index >= 15 is 0 Å². The van der Waals surface area contributed by atoms with E-state index in [9.17, 15) is 0 Å². The maximum atomic E-state index is 4.40. The van der Waals surface area contributed by atoms with E-state index in [2.05, 4.69) is 40.7 Å². The van der Waals surface area contributed by atoms with Crippen LogP contribution in [0, 0.1) is 0 Å². The number of fused-ring (bicyclic) bond motifs is 2. The molecule has 112 valence electrons. The molecule has 1 aromatic heterocycles. The monoisotopic (exact) mass is 276 g/mol. The van der Waals surface area contributed by atoms with E-state index in [1.807, 2.05) is 12.5 Å².